The van der Waals surface area contributed by atoms with Crippen molar-refractivity contribution in [3.8, 4) is 17.2 Å². The Hall–Kier alpha value is -2.93. The Balaban J connectivity index is 1.57. The van der Waals surface area contributed by atoms with E-state index >= 15 is 0 Å². The van der Waals surface area contributed by atoms with E-state index < -0.39 is 0 Å². The Morgan fingerprint density at radius 2 is 2.03 bits per heavy atom. The van der Waals surface area contributed by atoms with Gasteiger partial charge in [-0.2, -0.15) is 0 Å². The van der Waals surface area contributed by atoms with E-state index in [4.69, 9.17) is 14.2 Å². The van der Waals surface area contributed by atoms with Crippen LogP contribution in [0.15, 0.2) is 42.5 Å². The van der Waals surface area contributed by atoms with E-state index in [2.05, 4.69) is 23.2 Å². The van der Waals surface area contributed by atoms with Crippen LogP contribution in [0.4, 0.5) is 11.4 Å². The minimum absolute atomic E-state index is 0.00169. The number of hydrogen-bond acceptors (Lipinski definition) is 6. The van der Waals surface area contributed by atoms with Gasteiger partial charge >= 0.3 is 0 Å². The highest BCUT2D eigenvalue weighted by atomic mass is 16.5. The lowest BCUT2D eigenvalue weighted by atomic mass is 10.2. The van der Waals surface area contributed by atoms with Gasteiger partial charge in [-0.25, -0.2) is 0 Å². The zero-order chi connectivity index (χ0) is 20.8. The lowest BCUT2D eigenvalue weighted by Gasteiger charge is -2.37. The van der Waals surface area contributed by atoms with Crippen molar-refractivity contribution < 1.29 is 19.0 Å². The van der Waals surface area contributed by atoms with Gasteiger partial charge in [-0.1, -0.05) is 12.1 Å². The molecule has 1 N–H and O–H groups in total. The van der Waals surface area contributed by atoms with Gasteiger partial charge in [0.25, 0.3) is 0 Å². The lowest BCUT2D eigenvalue weighted by Crippen LogP contribution is -2.46. The molecule has 29 heavy (non-hydrogen) atoms. The molecule has 1 amide bonds. The fraction of sp³-hybridized carbons (Fsp3) is 0.409. The first-order chi connectivity index (χ1) is 14.0. The van der Waals surface area contributed by atoms with Crippen LogP contribution in [0.25, 0.3) is 0 Å². The summed E-state index contributed by atoms with van der Waals surface area (Å²) in [7, 11) is 5.08. The number of benzene rings is 2. The Kier molecular flexibility index (Phi) is 6.82. The van der Waals surface area contributed by atoms with Gasteiger partial charge in [-0.3, -0.25) is 9.69 Å². The van der Waals surface area contributed by atoms with Crippen LogP contribution in [0.5, 0.6) is 17.2 Å². The second-order valence-electron chi connectivity index (χ2n) is 7.06. The first-order valence-electron chi connectivity index (χ1n) is 9.75. The molecule has 1 heterocycles. The number of carbonyl (C=O) groups excluding carboxylic acids is 1. The number of nitrogens with zero attached hydrogens (tertiary/aromatic N) is 2. The number of hydrogen-bond donors (Lipinski definition) is 1. The zero-order valence-corrected chi connectivity index (χ0v) is 17.5. The molecule has 0 saturated heterocycles. The number of nitrogens with one attached hydrogen (secondary N) is 1. The maximum Gasteiger partial charge on any atom is 0.238 e. The molecule has 0 radical (unpaired) electrons. The van der Waals surface area contributed by atoms with Crippen LogP contribution in [0.3, 0.4) is 0 Å². The number of anilines is 2. The zero-order valence-electron chi connectivity index (χ0n) is 17.5. The van der Waals surface area contributed by atoms with Crippen molar-refractivity contribution in [3.05, 3.63) is 42.5 Å². The van der Waals surface area contributed by atoms with E-state index in [1.165, 1.54) is 0 Å². The first kappa shape index (κ1) is 20.8. The molecule has 156 valence electrons. The molecule has 7 heteroatoms. The van der Waals surface area contributed by atoms with E-state index in [0.717, 1.165) is 24.5 Å². The summed E-state index contributed by atoms with van der Waals surface area (Å²) in [6, 6.07) is 13.4. The third-order valence-electron chi connectivity index (χ3n) is 4.92. The normalized spacial score (nSPS) is 15.5. The topological polar surface area (TPSA) is 63.3 Å². The van der Waals surface area contributed by atoms with Crippen LogP contribution in [0.2, 0.25) is 0 Å². The van der Waals surface area contributed by atoms with Crippen LogP contribution in [-0.2, 0) is 4.79 Å². The van der Waals surface area contributed by atoms with Crippen molar-refractivity contribution >= 4 is 17.3 Å². The van der Waals surface area contributed by atoms with Gasteiger partial charge < -0.3 is 24.4 Å². The Labute approximate surface area is 172 Å². The van der Waals surface area contributed by atoms with Crippen LogP contribution < -0.4 is 24.4 Å². The molecule has 0 bridgehead atoms. The largest absolute Gasteiger partial charge is 0.497 e. The number of rotatable bonds is 8. The molecule has 2 aromatic carbocycles. The van der Waals surface area contributed by atoms with Crippen LogP contribution in [0.1, 0.15) is 6.92 Å². The predicted molar refractivity (Wildman–Crippen MR) is 114 cm³/mol. The number of methoxy groups -OCH3 is 2. The summed E-state index contributed by atoms with van der Waals surface area (Å²) in [4.78, 5) is 16.8. The Morgan fingerprint density at radius 3 is 2.76 bits per heavy atom. The third-order valence-corrected chi connectivity index (χ3v) is 4.92. The minimum Gasteiger partial charge on any atom is -0.497 e. The predicted octanol–water partition coefficient (Wildman–Crippen LogP) is 2.86. The standard InChI is InChI=1S/C22H29N3O4/c1-5-25-14-17(29-20-9-7-6-8-19(20)25)13-24(2)15-22(26)23-18-11-10-16(27-3)12-21(18)28-4/h6-12,17H,5,13-15H2,1-4H3,(H,23,26). The SMILES string of the molecule is CCN1CC(CN(C)CC(=O)Nc2ccc(OC)cc2OC)Oc2ccccc21. The minimum atomic E-state index is -0.112. The van der Waals surface area contributed by atoms with Crippen LogP contribution in [-0.4, -0.2) is 64.4 Å². The van der Waals surface area contributed by atoms with Gasteiger partial charge in [0.05, 0.1) is 38.7 Å². The summed E-state index contributed by atoms with van der Waals surface area (Å²) in [6.07, 6.45) is -0.00169. The average molecular weight is 399 g/mol. The van der Waals surface area contributed by atoms with Gasteiger partial charge in [0.1, 0.15) is 23.4 Å². The van der Waals surface area contributed by atoms with Crippen molar-refractivity contribution in [2.24, 2.45) is 0 Å². The van der Waals surface area contributed by atoms with Crippen molar-refractivity contribution in [1.82, 2.24) is 4.90 Å². The smallest absolute Gasteiger partial charge is 0.238 e. The second-order valence-corrected chi connectivity index (χ2v) is 7.06. The number of fused-ring (bicyclic) bond motifs is 1. The number of amides is 1. The summed E-state index contributed by atoms with van der Waals surface area (Å²) in [5, 5.41) is 2.90. The van der Waals surface area contributed by atoms with Gasteiger partial charge in [0.2, 0.25) is 5.91 Å². The number of para-hydroxylation sites is 2. The molecule has 0 saturated carbocycles. The van der Waals surface area contributed by atoms with Gasteiger partial charge in [-0.05, 0) is 38.2 Å². The summed E-state index contributed by atoms with van der Waals surface area (Å²) in [5.41, 5.74) is 1.74. The molecule has 1 atom stereocenters. The molecule has 1 unspecified atom stereocenters. The summed E-state index contributed by atoms with van der Waals surface area (Å²) < 4.78 is 16.7. The summed E-state index contributed by atoms with van der Waals surface area (Å²) >= 11 is 0. The highest BCUT2D eigenvalue weighted by Gasteiger charge is 2.26. The highest BCUT2D eigenvalue weighted by Crippen LogP contribution is 2.33. The van der Waals surface area contributed by atoms with Crippen molar-refractivity contribution in [3.63, 3.8) is 0 Å². The Bertz CT molecular complexity index is 843. The first-order valence-corrected chi connectivity index (χ1v) is 9.75. The van der Waals surface area contributed by atoms with E-state index in [-0.39, 0.29) is 18.6 Å². The van der Waals surface area contributed by atoms with Crippen molar-refractivity contribution in [2.45, 2.75) is 13.0 Å². The number of ether oxygens (including phenoxy) is 3. The van der Waals surface area contributed by atoms with Crippen molar-refractivity contribution in [1.29, 1.82) is 0 Å². The number of carbonyl (C=O) groups is 1. The fourth-order valence-electron chi connectivity index (χ4n) is 3.52. The van der Waals surface area contributed by atoms with Crippen LogP contribution >= 0.6 is 0 Å². The van der Waals surface area contributed by atoms with E-state index in [1.54, 1.807) is 32.4 Å². The van der Waals surface area contributed by atoms with E-state index in [9.17, 15) is 4.79 Å². The molecule has 0 spiro atoms. The monoisotopic (exact) mass is 399 g/mol. The highest BCUT2D eigenvalue weighted by molar-refractivity contribution is 5.93. The molecule has 7 nitrogen and oxygen atoms in total. The third kappa shape index (κ3) is 5.12. The maximum absolute atomic E-state index is 12.5. The molecule has 1 aliphatic rings. The van der Waals surface area contributed by atoms with Gasteiger partial charge in [0.15, 0.2) is 0 Å². The molecule has 1 aliphatic heterocycles. The summed E-state index contributed by atoms with van der Waals surface area (Å²) in [6.45, 7) is 4.75. The van der Waals surface area contributed by atoms with E-state index in [1.807, 2.05) is 30.1 Å². The molecule has 3 rings (SSSR count). The number of likely N-dealkylation sites (N-methyl/N-ethyl adjacent to an activating group) is 2. The quantitative estimate of drug-likeness (QED) is 0.737. The van der Waals surface area contributed by atoms with E-state index in [0.29, 0.717) is 23.7 Å². The van der Waals surface area contributed by atoms with Gasteiger partial charge in [0, 0.05) is 19.2 Å². The second kappa shape index (κ2) is 9.52. The average Bonchev–Trinajstić information content (AvgIpc) is 2.73. The maximum atomic E-state index is 12.5. The summed E-state index contributed by atoms with van der Waals surface area (Å²) in [5.74, 6) is 2.02. The molecule has 2 aromatic rings. The van der Waals surface area contributed by atoms with Crippen molar-refractivity contribution in [2.75, 3.05) is 57.7 Å². The molecule has 0 aliphatic carbocycles. The molecule has 0 fully saturated rings. The molecular weight excluding hydrogens is 370 g/mol. The Morgan fingerprint density at radius 1 is 1.24 bits per heavy atom. The fourth-order valence-corrected chi connectivity index (χ4v) is 3.52. The molecular formula is C22H29N3O4. The van der Waals surface area contributed by atoms with Crippen LogP contribution in [0, 0.1) is 0 Å². The molecule has 0 aromatic heterocycles. The lowest BCUT2D eigenvalue weighted by molar-refractivity contribution is -0.117. The van der Waals surface area contributed by atoms with Gasteiger partial charge in [-0.15, -0.1) is 0 Å².